The minimum atomic E-state index is -0.0399. The highest BCUT2D eigenvalue weighted by Crippen LogP contribution is 2.38. The van der Waals surface area contributed by atoms with Gasteiger partial charge in [-0.2, -0.15) is 0 Å². The van der Waals surface area contributed by atoms with Crippen molar-refractivity contribution in [2.75, 3.05) is 37.9 Å². The van der Waals surface area contributed by atoms with Crippen molar-refractivity contribution in [3.8, 4) is 0 Å². The highest BCUT2D eigenvalue weighted by atomic mass is 32.1. The van der Waals surface area contributed by atoms with E-state index in [4.69, 9.17) is 0 Å². The highest BCUT2D eigenvalue weighted by molar-refractivity contribution is 7.10. The minimum absolute atomic E-state index is 0.0399. The summed E-state index contributed by atoms with van der Waals surface area (Å²) in [5, 5.41) is 5.30. The molecule has 4 nitrogen and oxygen atoms in total. The number of benzene rings is 2. The van der Waals surface area contributed by atoms with Crippen molar-refractivity contribution in [3.05, 3.63) is 81.5 Å². The van der Waals surface area contributed by atoms with E-state index in [2.05, 4.69) is 41.0 Å². The Morgan fingerprint density at radius 2 is 1.79 bits per heavy atom. The van der Waals surface area contributed by atoms with Gasteiger partial charge < -0.3 is 15.1 Å². The highest BCUT2D eigenvalue weighted by Gasteiger charge is 2.33. The molecule has 1 aliphatic heterocycles. The van der Waals surface area contributed by atoms with Crippen LogP contribution in [-0.2, 0) is 6.42 Å². The molecule has 0 spiro atoms. The molecule has 0 fully saturated rings. The van der Waals surface area contributed by atoms with Crippen LogP contribution in [0, 0.1) is 0 Å². The Balaban J connectivity index is 1.70. The van der Waals surface area contributed by atoms with E-state index in [-0.39, 0.29) is 11.9 Å². The van der Waals surface area contributed by atoms with Crippen molar-refractivity contribution in [3.63, 3.8) is 0 Å². The largest absolute Gasteiger partial charge is 0.388 e. The quantitative estimate of drug-likeness (QED) is 0.704. The van der Waals surface area contributed by atoms with E-state index < -0.39 is 0 Å². The summed E-state index contributed by atoms with van der Waals surface area (Å²) in [5.41, 5.74) is 5.31. The Labute approximate surface area is 170 Å². The fourth-order valence-corrected chi connectivity index (χ4v) is 4.70. The summed E-state index contributed by atoms with van der Waals surface area (Å²) in [6.07, 6.45) is 0.916. The van der Waals surface area contributed by atoms with Gasteiger partial charge in [-0.1, -0.05) is 12.1 Å². The molecule has 1 aliphatic rings. The SMILES string of the molecule is CNc1ccc(C2c3ccsc3CCN2C(=O)c2ccc(N(C)C)cc2)cc1. The summed E-state index contributed by atoms with van der Waals surface area (Å²) >= 11 is 1.79. The molecule has 1 atom stereocenters. The second-order valence-corrected chi connectivity index (χ2v) is 8.26. The van der Waals surface area contributed by atoms with Gasteiger partial charge in [-0.15, -0.1) is 11.3 Å². The predicted molar refractivity (Wildman–Crippen MR) is 118 cm³/mol. The van der Waals surface area contributed by atoms with Crippen LogP contribution in [0.2, 0.25) is 0 Å². The van der Waals surface area contributed by atoms with Gasteiger partial charge in [-0.05, 0) is 65.4 Å². The normalized spacial score (nSPS) is 15.8. The molecular formula is C23H25N3OS. The van der Waals surface area contributed by atoms with Crippen LogP contribution in [0.4, 0.5) is 11.4 Å². The Morgan fingerprint density at radius 1 is 1.07 bits per heavy atom. The van der Waals surface area contributed by atoms with Crippen molar-refractivity contribution < 1.29 is 4.79 Å². The lowest BCUT2D eigenvalue weighted by atomic mass is 9.92. The molecule has 144 valence electrons. The Kier molecular flexibility index (Phi) is 5.09. The fraction of sp³-hybridized carbons (Fsp3) is 0.261. The number of nitrogens with one attached hydrogen (secondary N) is 1. The summed E-state index contributed by atoms with van der Waals surface area (Å²) in [5.74, 6) is 0.0878. The fourth-order valence-electron chi connectivity index (χ4n) is 3.79. The van der Waals surface area contributed by atoms with Crippen LogP contribution >= 0.6 is 11.3 Å². The number of anilines is 2. The van der Waals surface area contributed by atoms with Gasteiger partial charge in [-0.3, -0.25) is 4.79 Å². The van der Waals surface area contributed by atoms with Gasteiger partial charge in [0, 0.05) is 49.5 Å². The maximum atomic E-state index is 13.4. The molecule has 5 heteroatoms. The van der Waals surface area contributed by atoms with Gasteiger partial charge in [0.15, 0.2) is 0 Å². The van der Waals surface area contributed by atoms with Crippen molar-refractivity contribution in [1.29, 1.82) is 0 Å². The predicted octanol–water partition coefficient (Wildman–Crippen LogP) is 4.64. The summed E-state index contributed by atoms with van der Waals surface area (Å²) in [6, 6.07) is 18.4. The molecule has 0 bridgehead atoms. The number of amides is 1. The number of nitrogens with zero attached hydrogens (tertiary/aromatic N) is 2. The molecule has 0 saturated carbocycles. The molecule has 1 unspecified atom stereocenters. The zero-order chi connectivity index (χ0) is 19.7. The summed E-state index contributed by atoms with van der Waals surface area (Å²) in [7, 11) is 5.93. The maximum absolute atomic E-state index is 13.4. The smallest absolute Gasteiger partial charge is 0.254 e. The van der Waals surface area contributed by atoms with Crippen molar-refractivity contribution >= 4 is 28.6 Å². The summed E-state index contributed by atoms with van der Waals surface area (Å²) < 4.78 is 0. The topological polar surface area (TPSA) is 35.6 Å². The van der Waals surface area contributed by atoms with Gasteiger partial charge in [0.25, 0.3) is 5.91 Å². The third-order valence-electron chi connectivity index (χ3n) is 5.37. The number of carbonyl (C=O) groups excluding carboxylic acids is 1. The van der Waals surface area contributed by atoms with E-state index >= 15 is 0 Å². The molecule has 4 rings (SSSR count). The number of rotatable bonds is 4. The third kappa shape index (κ3) is 3.38. The molecule has 2 aromatic carbocycles. The lowest BCUT2D eigenvalue weighted by molar-refractivity contribution is 0.0696. The first kappa shape index (κ1) is 18.6. The first-order valence-corrected chi connectivity index (χ1v) is 10.4. The van der Waals surface area contributed by atoms with Gasteiger partial charge >= 0.3 is 0 Å². The van der Waals surface area contributed by atoms with Crippen LogP contribution in [-0.4, -0.2) is 38.5 Å². The Bertz CT molecular complexity index is 960. The first-order valence-electron chi connectivity index (χ1n) is 9.51. The molecule has 1 N–H and O–H groups in total. The number of carbonyl (C=O) groups is 1. The van der Waals surface area contributed by atoms with Crippen LogP contribution in [0.3, 0.4) is 0 Å². The summed E-state index contributed by atoms with van der Waals surface area (Å²) in [6.45, 7) is 0.736. The average Bonchev–Trinajstić information content (AvgIpc) is 3.21. The second kappa shape index (κ2) is 7.68. The van der Waals surface area contributed by atoms with E-state index in [0.717, 1.165) is 35.5 Å². The maximum Gasteiger partial charge on any atom is 0.254 e. The van der Waals surface area contributed by atoms with Crippen LogP contribution in [0.25, 0.3) is 0 Å². The lowest BCUT2D eigenvalue weighted by Crippen LogP contribution is -2.40. The van der Waals surface area contributed by atoms with Gasteiger partial charge in [0.2, 0.25) is 0 Å². The molecule has 3 aromatic rings. The van der Waals surface area contributed by atoms with Crippen molar-refractivity contribution in [1.82, 2.24) is 4.90 Å². The zero-order valence-corrected chi connectivity index (χ0v) is 17.3. The standard InChI is InChI=1S/C23H25N3OS/c1-24-18-8-4-16(5-9-18)22-20-13-15-28-21(20)12-14-26(22)23(27)17-6-10-19(11-7-17)25(2)3/h4-11,13,15,22,24H,12,14H2,1-3H3. The Hall–Kier alpha value is -2.79. The van der Waals surface area contributed by atoms with Gasteiger partial charge in [0.05, 0.1) is 6.04 Å². The summed E-state index contributed by atoms with van der Waals surface area (Å²) in [4.78, 5) is 18.9. The lowest BCUT2D eigenvalue weighted by Gasteiger charge is -2.36. The van der Waals surface area contributed by atoms with Crippen LogP contribution < -0.4 is 10.2 Å². The minimum Gasteiger partial charge on any atom is -0.388 e. The number of thiophene rings is 1. The molecule has 0 aliphatic carbocycles. The number of fused-ring (bicyclic) bond motifs is 1. The molecule has 0 saturated heterocycles. The van der Waals surface area contributed by atoms with E-state index in [9.17, 15) is 4.79 Å². The van der Waals surface area contributed by atoms with Crippen LogP contribution in [0.1, 0.15) is 32.4 Å². The first-order chi connectivity index (χ1) is 13.6. The van der Waals surface area contributed by atoms with Gasteiger partial charge in [0.1, 0.15) is 0 Å². The molecular weight excluding hydrogens is 366 g/mol. The second-order valence-electron chi connectivity index (χ2n) is 7.26. The van der Waals surface area contributed by atoms with E-state index in [1.165, 1.54) is 10.4 Å². The van der Waals surface area contributed by atoms with Crippen LogP contribution in [0.5, 0.6) is 0 Å². The number of hydrogen-bond donors (Lipinski definition) is 1. The molecule has 28 heavy (non-hydrogen) atoms. The number of hydrogen-bond acceptors (Lipinski definition) is 4. The van der Waals surface area contributed by atoms with Gasteiger partial charge in [-0.25, -0.2) is 0 Å². The van der Waals surface area contributed by atoms with Crippen molar-refractivity contribution in [2.45, 2.75) is 12.5 Å². The van der Waals surface area contributed by atoms with Crippen molar-refractivity contribution in [2.24, 2.45) is 0 Å². The average molecular weight is 392 g/mol. The zero-order valence-electron chi connectivity index (χ0n) is 16.5. The van der Waals surface area contributed by atoms with E-state index in [1.54, 1.807) is 11.3 Å². The molecule has 2 heterocycles. The monoisotopic (exact) mass is 391 g/mol. The Morgan fingerprint density at radius 3 is 2.43 bits per heavy atom. The molecule has 1 aromatic heterocycles. The van der Waals surface area contributed by atoms with Crippen LogP contribution in [0.15, 0.2) is 60.0 Å². The van der Waals surface area contributed by atoms with E-state index in [0.29, 0.717) is 0 Å². The molecule has 0 radical (unpaired) electrons. The molecule has 1 amide bonds. The van der Waals surface area contributed by atoms with E-state index in [1.807, 2.05) is 55.2 Å². The third-order valence-corrected chi connectivity index (χ3v) is 6.37.